The van der Waals surface area contributed by atoms with Crippen LogP contribution >= 0.6 is 23.4 Å². The third kappa shape index (κ3) is 5.17. The third-order valence-corrected chi connectivity index (χ3v) is 4.65. The van der Waals surface area contributed by atoms with Gasteiger partial charge in [0, 0.05) is 18.0 Å². The lowest BCUT2D eigenvalue weighted by molar-refractivity contribution is 0.397. The Morgan fingerprint density at radius 1 is 1.44 bits per heavy atom. The molecule has 4 heteroatoms. The number of halogens is 1. The van der Waals surface area contributed by atoms with E-state index in [2.05, 4.69) is 31.1 Å². The summed E-state index contributed by atoms with van der Waals surface area (Å²) in [4.78, 5) is 4.32. The molecule has 0 aliphatic rings. The summed E-state index contributed by atoms with van der Waals surface area (Å²) in [5.41, 5.74) is 0. The molecule has 0 aliphatic carbocycles. The van der Waals surface area contributed by atoms with Crippen molar-refractivity contribution < 1.29 is 0 Å². The van der Waals surface area contributed by atoms with Gasteiger partial charge < -0.3 is 5.32 Å². The second-order valence-electron chi connectivity index (χ2n) is 4.55. The maximum Gasteiger partial charge on any atom is 0.115 e. The number of hydrogen-bond acceptors (Lipinski definition) is 3. The number of aromatic nitrogens is 1. The molecule has 1 rings (SSSR count). The monoisotopic (exact) mass is 286 g/mol. The highest BCUT2D eigenvalue weighted by Crippen LogP contribution is 2.26. The molecule has 18 heavy (non-hydrogen) atoms. The highest BCUT2D eigenvalue weighted by atomic mass is 35.5. The molecule has 2 atom stereocenters. The zero-order valence-corrected chi connectivity index (χ0v) is 13.0. The first-order valence-corrected chi connectivity index (χ1v) is 8.02. The maximum absolute atomic E-state index is 6.12. The molecular weight excluding hydrogens is 264 g/mol. The van der Waals surface area contributed by atoms with E-state index in [1.807, 2.05) is 12.1 Å². The molecule has 2 unspecified atom stereocenters. The van der Waals surface area contributed by atoms with Crippen LogP contribution in [-0.4, -0.2) is 23.3 Å². The summed E-state index contributed by atoms with van der Waals surface area (Å²) >= 11 is 7.87. The zero-order chi connectivity index (χ0) is 13.4. The summed E-state index contributed by atoms with van der Waals surface area (Å²) in [5.74, 6) is 1.69. The van der Waals surface area contributed by atoms with Gasteiger partial charge in [-0.15, -0.1) is 11.8 Å². The molecule has 1 aromatic rings. The molecule has 0 aliphatic heterocycles. The average molecular weight is 287 g/mol. The van der Waals surface area contributed by atoms with Gasteiger partial charge in [-0.05, 0) is 31.0 Å². The molecule has 1 aromatic heterocycles. The molecule has 0 radical (unpaired) electrons. The van der Waals surface area contributed by atoms with E-state index in [9.17, 15) is 0 Å². The number of hydrogen-bond donors (Lipinski definition) is 1. The van der Waals surface area contributed by atoms with E-state index in [-0.39, 0.29) is 0 Å². The highest BCUT2D eigenvalue weighted by molar-refractivity contribution is 7.99. The maximum atomic E-state index is 6.12. The van der Waals surface area contributed by atoms with Gasteiger partial charge in [-0.1, -0.05) is 38.8 Å². The lowest BCUT2D eigenvalue weighted by Crippen LogP contribution is -2.37. The van der Waals surface area contributed by atoms with Crippen LogP contribution in [0.25, 0.3) is 0 Å². The largest absolute Gasteiger partial charge is 0.313 e. The highest BCUT2D eigenvalue weighted by Gasteiger charge is 2.16. The quantitative estimate of drug-likeness (QED) is 0.724. The first kappa shape index (κ1) is 15.8. The van der Waals surface area contributed by atoms with Crippen molar-refractivity contribution in [2.45, 2.75) is 44.7 Å². The topological polar surface area (TPSA) is 24.9 Å². The molecule has 2 nitrogen and oxygen atoms in total. The SMILES string of the molecule is CCCNC(CSc1ncccc1Cl)C(C)CC. The van der Waals surface area contributed by atoms with E-state index >= 15 is 0 Å². The van der Waals surface area contributed by atoms with E-state index in [0.717, 1.165) is 22.3 Å². The standard InChI is InChI=1S/C14H23ClN2S/c1-4-8-16-13(11(3)5-2)10-18-14-12(15)7-6-9-17-14/h6-7,9,11,13,16H,4-5,8,10H2,1-3H3. The van der Waals surface area contributed by atoms with Crippen LogP contribution in [0, 0.1) is 5.92 Å². The van der Waals surface area contributed by atoms with Crippen LogP contribution in [0.1, 0.15) is 33.6 Å². The Morgan fingerprint density at radius 3 is 2.83 bits per heavy atom. The van der Waals surface area contributed by atoms with E-state index in [1.54, 1.807) is 18.0 Å². The van der Waals surface area contributed by atoms with Gasteiger partial charge in [0.25, 0.3) is 0 Å². The molecule has 102 valence electrons. The van der Waals surface area contributed by atoms with Crippen molar-refractivity contribution in [2.75, 3.05) is 12.3 Å². The normalized spacial score (nSPS) is 14.4. The van der Waals surface area contributed by atoms with Gasteiger partial charge in [0.2, 0.25) is 0 Å². The predicted molar refractivity (Wildman–Crippen MR) is 81.5 cm³/mol. The van der Waals surface area contributed by atoms with Gasteiger partial charge >= 0.3 is 0 Å². The Hall–Kier alpha value is -0.250. The summed E-state index contributed by atoms with van der Waals surface area (Å²) in [5, 5.41) is 5.30. The second-order valence-corrected chi connectivity index (χ2v) is 5.96. The summed E-state index contributed by atoms with van der Waals surface area (Å²) in [6.07, 6.45) is 4.16. The number of rotatable bonds is 8. The Bertz CT molecular complexity index is 346. The van der Waals surface area contributed by atoms with Crippen LogP contribution < -0.4 is 5.32 Å². The Balaban J connectivity index is 2.53. The molecule has 0 aromatic carbocycles. The minimum atomic E-state index is 0.526. The fourth-order valence-corrected chi connectivity index (χ4v) is 3.10. The predicted octanol–water partition coefficient (Wildman–Crippen LogP) is 4.24. The first-order valence-electron chi connectivity index (χ1n) is 6.65. The first-order chi connectivity index (χ1) is 8.69. The zero-order valence-electron chi connectivity index (χ0n) is 11.4. The van der Waals surface area contributed by atoms with Gasteiger partial charge in [-0.3, -0.25) is 0 Å². The van der Waals surface area contributed by atoms with Crippen molar-refractivity contribution in [3.63, 3.8) is 0 Å². The number of pyridine rings is 1. The summed E-state index contributed by atoms with van der Waals surface area (Å²) in [6, 6.07) is 4.29. The number of thioether (sulfide) groups is 1. The van der Waals surface area contributed by atoms with Crippen LogP contribution in [0.4, 0.5) is 0 Å². The molecular formula is C14H23ClN2S. The van der Waals surface area contributed by atoms with Crippen molar-refractivity contribution in [3.8, 4) is 0 Å². The third-order valence-electron chi connectivity index (χ3n) is 3.11. The summed E-state index contributed by atoms with van der Waals surface area (Å²) in [7, 11) is 0. The van der Waals surface area contributed by atoms with Crippen molar-refractivity contribution in [1.29, 1.82) is 0 Å². The van der Waals surface area contributed by atoms with Crippen LogP contribution in [0.5, 0.6) is 0 Å². The molecule has 0 amide bonds. The van der Waals surface area contributed by atoms with Crippen molar-refractivity contribution >= 4 is 23.4 Å². The van der Waals surface area contributed by atoms with E-state index < -0.39 is 0 Å². The van der Waals surface area contributed by atoms with Gasteiger partial charge in [0.05, 0.1) is 5.02 Å². The Kier molecular flexibility index (Phi) is 7.71. The molecule has 0 bridgehead atoms. The molecule has 1 N–H and O–H groups in total. The van der Waals surface area contributed by atoms with Crippen LogP contribution in [-0.2, 0) is 0 Å². The summed E-state index contributed by atoms with van der Waals surface area (Å²) < 4.78 is 0. The molecule has 0 saturated carbocycles. The smallest absolute Gasteiger partial charge is 0.115 e. The average Bonchev–Trinajstić information content (AvgIpc) is 2.40. The fraction of sp³-hybridized carbons (Fsp3) is 0.643. The Labute approximate surface area is 120 Å². The van der Waals surface area contributed by atoms with Crippen molar-refractivity contribution in [1.82, 2.24) is 10.3 Å². The molecule has 1 heterocycles. The van der Waals surface area contributed by atoms with Gasteiger partial charge in [0.15, 0.2) is 0 Å². The van der Waals surface area contributed by atoms with Gasteiger partial charge in [0.1, 0.15) is 5.03 Å². The van der Waals surface area contributed by atoms with Crippen LogP contribution in [0.2, 0.25) is 5.02 Å². The number of nitrogens with zero attached hydrogens (tertiary/aromatic N) is 1. The molecule has 0 spiro atoms. The molecule has 0 saturated heterocycles. The lowest BCUT2D eigenvalue weighted by Gasteiger charge is -2.23. The molecule has 0 fully saturated rings. The minimum Gasteiger partial charge on any atom is -0.313 e. The second kappa shape index (κ2) is 8.78. The van der Waals surface area contributed by atoms with Crippen LogP contribution in [0.15, 0.2) is 23.4 Å². The Morgan fingerprint density at radius 2 is 2.22 bits per heavy atom. The van der Waals surface area contributed by atoms with Gasteiger partial charge in [-0.2, -0.15) is 0 Å². The fourth-order valence-electron chi connectivity index (χ4n) is 1.68. The van der Waals surface area contributed by atoms with Crippen molar-refractivity contribution in [2.24, 2.45) is 5.92 Å². The van der Waals surface area contributed by atoms with Gasteiger partial charge in [-0.25, -0.2) is 4.98 Å². The van der Waals surface area contributed by atoms with Crippen molar-refractivity contribution in [3.05, 3.63) is 23.4 Å². The van der Waals surface area contributed by atoms with E-state index in [1.165, 1.54) is 12.8 Å². The number of nitrogens with one attached hydrogen (secondary N) is 1. The lowest BCUT2D eigenvalue weighted by atomic mass is 10.0. The summed E-state index contributed by atoms with van der Waals surface area (Å²) in [6.45, 7) is 7.81. The van der Waals surface area contributed by atoms with E-state index in [0.29, 0.717) is 12.0 Å². The van der Waals surface area contributed by atoms with Crippen LogP contribution in [0.3, 0.4) is 0 Å². The van der Waals surface area contributed by atoms with E-state index in [4.69, 9.17) is 11.6 Å². The minimum absolute atomic E-state index is 0.526.